The number of methoxy groups -OCH3 is 2. The van der Waals surface area contributed by atoms with Crippen LogP contribution < -0.4 is 0 Å². The zero-order valence-electron chi connectivity index (χ0n) is 10.8. The molecule has 96 valence electrons. The van der Waals surface area contributed by atoms with E-state index in [1.165, 1.54) is 4.90 Å². The number of nitrogens with zero attached hydrogens (tertiary/aromatic N) is 1. The summed E-state index contributed by atoms with van der Waals surface area (Å²) >= 11 is 0. The molecule has 0 aromatic rings. The molecule has 1 atom stereocenters. The van der Waals surface area contributed by atoms with E-state index in [-0.39, 0.29) is 11.5 Å². The van der Waals surface area contributed by atoms with Gasteiger partial charge in [0.25, 0.3) is 0 Å². The number of carbonyl (C=O) groups is 1. The lowest BCUT2D eigenvalue weighted by atomic mass is 9.96. The number of ether oxygens (including phenoxy) is 2. The summed E-state index contributed by atoms with van der Waals surface area (Å²) < 4.78 is 10.1. The highest BCUT2D eigenvalue weighted by Crippen LogP contribution is 2.15. The zero-order valence-corrected chi connectivity index (χ0v) is 10.8. The van der Waals surface area contributed by atoms with Gasteiger partial charge in [0, 0.05) is 20.8 Å². The van der Waals surface area contributed by atoms with Crippen molar-refractivity contribution in [2.45, 2.75) is 26.9 Å². The molecule has 1 amide bonds. The second-order valence-electron chi connectivity index (χ2n) is 5.04. The summed E-state index contributed by atoms with van der Waals surface area (Å²) in [4.78, 5) is 12.4. The summed E-state index contributed by atoms with van der Waals surface area (Å²) in [7, 11) is 3.13. The van der Waals surface area contributed by atoms with Gasteiger partial charge in [-0.15, -0.1) is 0 Å². The summed E-state index contributed by atoms with van der Waals surface area (Å²) in [5.74, 6) is 0. The molecule has 0 aromatic carbocycles. The lowest BCUT2D eigenvalue weighted by Crippen LogP contribution is -2.43. The van der Waals surface area contributed by atoms with Crippen molar-refractivity contribution in [1.82, 2.24) is 4.90 Å². The van der Waals surface area contributed by atoms with Gasteiger partial charge >= 0.3 is 6.09 Å². The van der Waals surface area contributed by atoms with Crippen molar-refractivity contribution < 1.29 is 19.4 Å². The average Bonchev–Trinajstić information content (AvgIpc) is 2.13. The minimum atomic E-state index is -0.923. The van der Waals surface area contributed by atoms with Gasteiger partial charge in [-0.2, -0.15) is 0 Å². The smallest absolute Gasteiger partial charge is 0.407 e. The lowest BCUT2D eigenvalue weighted by molar-refractivity contribution is 0.00342. The summed E-state index contributed by atoms with van der Waals surface area (Å²) in [5.41, 5.74) is -0.0657. The van der Waals surface area contributed by atoms with Crippen LogP contribution in [0.4, 0.5) is 4.79 Å². The minimum absolute atomic E-state index is 0.0657. The van der Waals surface area contributed by atoms with E-state index in [1.54, 1.807) is 14.2 Å². The minimum Gasteiger partial charge on any atom is -0.465 e. The first-order valence-electron chi connectivity index (χ1n) is 5.29. The fourth-order valence-electron chi connectivity index (χ4n) is 1.41. The lowest BCUT2D eigenvalue weighted by Gasteiger charge is -2.30. The SMILES string of the molecule is COC[C@@H](CN(CC(C)(C)C)C(=O)O)OC. The molecule has 5 heteroatoms. The van der Waals surface area contributed by atoms with Gasteiger partial charge in [0.05, 0.1) is 19.3 Å². The van der Waals surface area contributed by atoms with Gasteiger partial charge in [0.2, 0.25) is 0 Å². The van der Waals surface area contributed by atoms with Gasteiger partial charge in [-0.05, 0) is 5.41 Å². The van der Waals surface area contributed by atoms with Gasteiger partial charge < -0.3 is 19.5 Å². The highest BCUT2D eigenvalue weighted by atomic mass is 16.5. The molecule has 16 heavy (non-hydrogen) atoms. The zero-order chi connectivity index (χ0) is 12.8. The molecule has 0 radical (unpaired) electrons. The molecular weight excluding hydrogens is 210 g/mol. The Kier molecular flexibility index (Phi) is 6.36. The molecule has 0 saturated heterocycles. The molecule has 0 aliphatic carbocycles. The van der Waals surface area contributed by atoms with E-state index in [9.17, 15) is 4.79 Å². The molecule has 1 N–H and O–H groups in total. The molecule has 0 aliphatic rings. The molecule has 0 aliphatic heterocycles. The first-order valence-corrected chi connectivity index (χ1v) is 5.29. The van der Waals surface area contributed by atoms with Crippen molar-refractivity contribution in [2.24, 2.45) is 5.41 Å². The maximum Gasteiger partial charge on any atom is 0.407 e. The van der Waals surface area contributed by atoms with Gasteiger partial charge in [0.15, 0.2) is 0 Å². The third-order valence-corrected chi connectivity index (χ3v) is 2.05. The van der Waals surface area contributed by atoms with Crippen molar-refractivity contribution >= 4 is 6.09 Å². The maximum atomic E-state index is 11.1. The van der Waals surface area contributed by atoms with Gasteiger partial charge in [-0.25, -0.2) is 4.79 Å². The fourth-order valence-corrected chi connectivity index (χ4v) is 1.41. The van der Waals surface area contributed by atoms with Crippen molar-refractivity contribution in [1.29, 1.82) is 0 Å². The highest BCUT2D eigenvalue weighted by Gasteiger charge is 2.23. The number of rotatable bonds is 6. The Hall–Kier alpha value is -0.810. The maximum absolute atomic E-state index is 11.1. The molecule has 0 heterocycles. The van der Waals surface area contributed by atoms with Crippen LogP contribution in [-0.2, 0) is 9.47 Å². The van der Waals surface area contributed by atoms with Crippen LogP contribution in [0.3, 0.4) is 0 Å². The number of hydrogen-bond acceptors (Lipinski definition) is 3. The number of amides is 1. The largest absolute Gasteiger partial charge is 0.465 e. The van der Waals surface area contributed by atoms with Crippen LogP contribution in [0, 0.1) is 5.41 Å². The molecule has 0 spiro atoms. The first-order chi connectivity index (χ1) is 7.30. The van der Waals surface area contributed by atoms with E-state index >= 15 is 0 Å². The Bertz CT molecular complexity index is 213. The standard InChI is InChI=1S/C11H23NO4/c1-11(2,3)8-12(10(13)14)6-9(16-5)7-15-4/h9H,6-8H2,1-5H3,(H,13,14)/t9-/m1/s1. The van der Waals surface area contributed by atoms with E-state index in [4.69, 9.17) is 14.6 Å². The Morgan fingerprint density at radius 1 is 1.38 bits per heavy atom. The topological polar surface area (TPSA) is 59.0 Å². The van der Waals surface area contributed by atoms with Crippen LogP contribution in [0.15, 0.2) is 0 Å². The van der Waals surface area contributed by atoms with Crippen LogP contribution in [-0.4, -0.2) is 56.1 Å². The summed E-state index contributed by atoms with van der Waals surface area (Å²) in [5, 5.41) is 9.08. The van der Waals surface area contributed by atoms with Gasteiger partial charge in [-0.1, -0.05) is 20.8 Å². The van der Waals surface area contributed by atoms with Crippen LogP contribution in [0.2, 0.25) is 0 Å². The Morgan fingerprint density at radius 3 is 2.25 bits per heavy atom. The normalized spacial score (nSPS) is 13.6. The van der Waals surface area contributed by atoms with E-state index < -0.39 is 6.09 Å². The third-order valence-electron chi connectivity index (χ3n) is 2.05. The van der Waals surface area contributed by atoms with E-state index in [0.717, 1.165) is 0 Å². The summed E-state index contributed by atoms with van der Waals surface area (Å²) in [6.07, 6.45) is -1.14. The fraction of sp³-hybridized carbons (Fsp3) is 0.909. The van der Waals surface area contributed by atoms with Crippen molar-refractivity contribution in [3.05, 3.63) is 0 Å². The van der Waals surface area contributed by atoms with E-state index in [1.807, 2.05) is 20.8 Å². The Labute approximate surface area is 97.3 Å². The third kappa shape index (κ3) is 6.63. The van der Waals surface area contributed by atoms with Crippen LogP contribution in [0.1, 0.15) is 20.8 Å². The monoisotopic (exact) mass is 233 g/mol. The molecule has 0 rings (SSSR count). The predicted molar refractivity (Wildman–Crippen MR) is 61.7 cm³/mol. The van der Waals surface area contributed by atoms with Crippen LogP contribution in [0.5, 0.6) is 0 Å². The second-order valence-corrected chi connectivity index (χ2v) is 5.04. The van der Waals surface area contributed by atoms with Crippen LogP contribution in [0.25, 0.3) is 0 Å². The summed E-state index contributed by atoms with van der Waals surface area (Å²) in [6.45, 7) is 7.20. The van der Waals surface area contributed by atoms with Gasteiger partial charge in [-0.3, -0.25) is 0 Å². The second kappa shape index (κ2) is 6.70. The van der Waals surface area contributed by atoms with Crippen molar-refractivity contribution in [3.8, 4) is 0 Å². The molecule has 5 nitrogen and oxygen atoms in total. The predicted octanol–water partition coefficient (Wildman–Crippen LogP) is 1.67. The summed E-state index contributed by atoms with van der Waals surface area (Å²) in [6, 6.07) is 0. The van der Waals surface area contributed by atoms with Gasteiger partial charge in [0.1, 0.15) is 0 Å². The first kappa shape index (κ1) is 15.2. The number of hydrogen-bond donors (Lipinski definition) is 1. The van der Waals surface area contributed by atoms with E-state index in [2.05, 4.69) is 0 Å². The molecule has 0 unspecified atom stereocenters. The van der Waals surface area contributed by atoms with Crippen molar-refractivity contribution in [2.75, 3.05) is 33.9 Å². The average molecular weight is 233 g/mol. The Morgan fingerprint density at radius 2 is 1.94 bits per heavy atom. The molecule has 0 fully saturated rings. The molecule has 0 aromatic heterocycles. The van der Waals surface area contributed by atoms with E-state index in [0.29, 0.717) is 19.7 Å². The highest BCUT2D eigenvalue weighted by molar-refractivity contribution is 5.65. The molecule has 0 bridgehead atoms. The Balaban J connectivity index is 4.37. The van der Waals surface area contributed by atoms with Crippen molar-refractivity contribution in [3.63, 3.8) is 0 Å². The molecular formula is C11H23NO4. The molecule has 0 saturated carbocycles. The quantitative estimate of drug-likeness (QED) is 0.758. The van der Waals surface area contributed by atoms with Crippen LogP contribution >= 0.6 is 0 Å². The number of carboxylic acid groups (broad SMARTS) is 1.